The van der Waals surface area contributed by atoms with Gasteiger partial charge in [0.25, 0.3) is 0 Å². The Labute approximate surface area is 126 Å². The number of aliphatic carboxylic acids is 1. The van der Waals surface area contributed by atoms with E-state index in [1.165, 1.54) is 0 Å². The molecule has 6 nitrogen and oxygen atoms in total. The summed E-state index contributed by atoms with van der Waals surface area (Å²) < 4.78 is 5.43. The fourth-order valence-corrected chi connectivity index (χ4v) is 2.53. The van der Waals surface area contributed by atoms with E-state index in [2.05, 4.69) is 10.6 Å². The van der Waals surface area contributed by atoms with Gasteiger partial charge in [0.2, 0.25) is 0 Å². The first-order chi connectivity index (χ1) is 9.69. The molecule has 0 aromatic carbocycles. The van der Waals surface area contributed by atoms with Gasteiger partial charge in [0.1, 0.15) is 0 Å². The normalized spacial score (nSPS) is 23.6. The first-order valence-electron chi connectivity index (χ1n) is 7.55. The van der Waals surface area contributed by atoms with E-state index in [-0.39, 0.29) is 24.1 Å². The molecule has 0 aromatic heterocycles. The number of carbonyl (C=O) groups excluding carboxylic acids is 1. The largest absolute Gasteiger partial charge is 0.481 e. The van der Waals surface area contributed by atoms with Crippen LogP contribution in [0.5, 0.6) is 0 Å². The monoisotopic (exact) mass is 300 g/mol. The van der Waals surface area contributed by atoms with Gasteiger partial charge in [-0.05, 0) is 25.2 Å². The molecule has 0 radical (unpaired) electrons. The van der Waals surface area contributed by atoms with E-state index in [1.807, 2.05) is 27.7 Å². The van der Waals surface area contributed by atoms with Crippen molar-refractivity contribution in [3.63, 3.8) is 0 Å². The predicted molar refractivity (Wildman–Crippen MR) is 80.1 cm³/mol. The molecule has 1 rings (SSSR count). The van der Waals surface area contributed by atoms with Gasteiger partial charge in [-0.25, -0.2) is 4.79 Å². The lowest BCUT2D eigenvalue weighted by molar-refractivity contribution is -0.142. The third kappa shape index (κ3) is 6.80. The van der Waals surface area contributed by atoms with E-state index in [0.29, 0.717) is 18.9 Å². The molecule has 1 heterocycles. The topological polar surface area (TPSA) is 87.7 Å². The number of nitrogens with one attached hydrogen (secondary N) is 2. The van der Waals surface area contributed by atoms with Crippen LogP contribution in [0.1, 0.15) is 40.5 Å². The zero-order valence-corrected chi connectivity index (χ0v) is 13.4. The van der Waals surface area contributed by atoms with Crippen LogP contribution in [-0.2, 0) is 9.53 Å². The van der Waals surface area contributed by atoms with Crippen LogP contribution in [0, 0.1) is 17.3 Å². The fourth-order valence-electron chi connectivity index (χ4n) is 2.53. The molecule has 0 aliphatic carbocycles. The highest BCUT2D eigenvalue weighted by Gasteiger charge is 2.26. The quantitative estimate of drug-likeness (QED) is 0.698. The van der Waals surface area contributed by atoms with Crippen LogP contribution < -0.4 is 10.6 Å². The Balaban J connectivity index is 2.31. The van der Waals surface area contributed by atoms with Crippen LogP contribution >= 0.6 is 0 Å². The molecule has 0 aromatic rings. The maximum absolute atomic E-state index is 11.7. The second-order valence-electron chi connectivity index (χ2n) is 7.02. The number of carboxylic acids is 1. The molecule has 3 N–H and O–H groups in total. The van der Waals surface area contributed by atoms with Gasteiger partial charge in [0, 0.05) is 25.6 Å². The third-order valence-corrected chi connectivity index (χ3v) is 3.78. The van der Waals surface area contributed by atoms with E-state index >= 15 is 0 Å². The standard InChI is InChI=1S/C15H28N2O4/c1-10-11(5-6-21-10)8-16-14(20)17-9-12(13(18)19)7-15(2,3)4/h10-12H,5-9H2,1-4H3,(H,18,19)(H2,16,17,20). The van der Waals surface area contributed by atoms with Crippen molar-refractivity contribution < 1.29 is 19.4 Å². The number of rotatable bonds is 6. The van der Waals surface area contributed by atoms with E-state index in [4.69, 9.17) is 4.74 Å². The van der Waals surface area contributed by atoms with Crippen LogP contribution in [0.15, 0.2) is 0 Å². The molecular weight excluding hydrogens is 272 g/mol. The smallest absolute Gasteiger partial charge is 0.314 e. The second-order valence-corrected chi connectivity index (χ2v) is 7.02. The van der Waals surface area contributed by atoms with Crippen molar-refractivity contribution in [2.24, 2.45) is 17.3 Å². The SMILES string of the molecule is CC1OCCC1CNC(=O)NCC(CC(C)(C)C)C(=O)O. The molecule has 6 heteroatoms. The van der Waals surface area contributed by atoms with Crippen molar-refractivity contribution in [3.8, 4) is 0 Å². The van der Waals surface area contributed by atoms with Crippen LogP contribution in [0.3, 0.4) is 0 Å². The number of hydrogen-bond acceptors (Lipinski definition) is 3. The van der Waals surface area contributed by atoms with Crippen LogP contribution in [0.4, 0.5) is 4.79 Å². The van der Waals surface area contributed by atoms with Gasteiger partial charge in [-0.15, -0.1) is 0 Å². The zero-order chi connectivity index (χ0) is 16.0. The third-order valence-electron chi connectivity index (χ3n) is 3.78. The maximum atomic E-state index is 11.7. The number of carbonyl (C=O) groups is 2. The zero-order valence-electron chi connectivity index (χ0n) is 13.4. The first kappa shape index (κ1) is 17.8. The Morgan fingerprint density at radius 3 is 2.48 bits per heavy atom. The Kier molecular flexibility index (Phi) is 6.45. The van der Waals surface area contributed by atoms with Gasteiger partial charge < -0.3 is 20.5 Å². The van der Waals surface area contributed by atoms with Crippen LogP contribution in [0.2, 0.25) is 0 Å². The molecule has 0 bridgehead atoms. The molecular formula is C15H28N2O4. The highest BCUT2D eigenvalue weighted by Crippen LogP contribution is 2.24. The molecule has 1 aliphatic rings. The number of amides is 2. The summed E-state index contributed by atoms with van der Waals surface area (Å²) in [7, 11) is 0. The number of ether oxygens (including phenoxy) is 1. The van der Waals surface area contributed by atoms with Crippen molar-refractivity contribution in [1.29, 1.82) is 0 Å². The summed E-state index contributed by atoms with van der Waals surface area (Å²) >= 11 is 0. The lowest BCUT2D eigenvalue weighted by Crippen LogP contribution is -2.43. The Morgan fingerprint density at radius 2 is 2.00 bits per heavy atom. The van der Waals surface area contributed by atoms with Gasteiger partial charge in [0.15, 0.2) is 0 Å². The van der Waals surface area contributed by atoms with Gasteiger partial charge in [-0.3, -0.25) is 4.79 Å². The minimum absolute atomic E-state index is 0.0855. The predicted octanol–water partition coefficient (Wildman–Crippen LogP) is 1.85. The van der Waals surface area contributed by atoms with Crippen LogP contribution in [-0.4, -0.2) is 42.9 Å². The minimum atomic E-state index is -0.872. The molecule has 1 aliphatic heterocycles. The summed E-state index contributed by atoms with van der Waals surface area (Å²) in [5.41, 5.74) is -0.0855. The molecule has 0 saturated carbocycles. The summed E-state index contributed by atoms with van der Waals surface area (Å²) in [5.74, 6) is -1.10. The highest BCUT2D eigenvalue weighted by molar-refractivity contribution is 5.75. The molecule has 122 valence electrons. The maximum Gasteiger partial charge on any atom is 0.314 e. The molecule has 3 atom stereocenters. The average molecular weight is 300 g/mol. The second kappa shape index (κ2) is 7.64. The van der Waals surface area contributed by atoms with E-state index < -0.39 is 11.9 Å². The Hall–Kier alpha value is -1.30. The molecule has 21 heavy (non-hydrogen) atoms. The lowest BCUT2D eigenvalue weighted by atomic mass is 9.84. The molecule has 1 fully saturated rings. The summed E-state index contributed by atoms with van der Waals surface area (Å²) in [5, 5.41) is 14.6. The number of hydrogen-bond donors (Lipinski definition) is 3. The van der Waals surface area contributed by atoms with Crippen molar-refractivity contribution in [3.05, 3.63) is 0 Å². The molecule has 1 saturated heterocycles. The number of carboxylic acid groups (broad SMARTS) is 1. The molecule has 2 amide bonds. The van der Waals surface area contributed by atoms with Crippen molar-refractivity contribution in [1.82, 2.24) is 10.6 Å². The van der Waals surface area contributed by atoms with Gasteiger partial charge in [-0.1, -0.05) is 20.8 Å². The van der Waals surface area contributed by atoms with Gasteiger partial charge >= 0.3 is 12.0 Å². The first-order valence-corrected chi connectivity index (χ1v) is 7.55. The van der Waals surface area contributed by atoms with Crippen molar-refractivity contribution in [2.75, 3.05) is 19.7 Å². The molecule has 0 spiro atoms. The van der Waals surface area contributed by atoms with Crippen molar-refractivity contribution >= 4 is 12.0 Å². The number of urea groups is 1. The van der Waals surface area contributed by atoms with E-state index in [9.17, 15) is 14.7 Å². The lowest BCUT2D eigenvalue weighted by Gasteiger charge is -2.23. The Bertz CT molecular complexity index is 365. The fraction of sp³-hybridized carbons (Fsp3) is 0.867. The van der Waals surface area contributed by atoms with Crippen LogP contribution in [0.25, 0.3) is 0 Å². The van der Waals surface area contributed by atoms with Crippen molar-refractivity contribution in [2.45, 2.75) is 46.6 Å². The van der Waals surface area contributed by atoms with Gasteiger partial charge in [0.05, 0.1) is 12.0 Å². The average Bonchev–Trinajstić information content (AvgIpc) is 2.76. The summed E-state index contributed by atoms with van der Waals surface area (Å²) in [4.78, 5) is 23.0. The van der Waals surface area contributed by atoms with Gasteiger partial charge in [-0.2, -0.15) is 0 Å². The summed E-state index contributed by atoms with van der Waals surface area (Å²) in [6.45, 7) is 9.42. The molecule has 3 unspecified atom stereocenters. The minimum Gasteiger partial charge on any atom is -0.481 e. The van der Waals surface area contributed by atoms with E-state index in [1.54, 1.807) is 0 Å². The Morgan fingerprint density at radius 1 is 1.33 bits per heavy atom. The highest BCUT2D eigenvalue weighted by atomic mass is 16.5. The summed E-state index contributed by atoms with van der Waals surface area (Å²) in [6.07, 6.45) is 1.64. The summed E-state index contributed by atoms with van der Waals surface area (Å²) in [6, 6.07) is -0.311. The van der Waals surface area contributed by atoms with E-state index in [0.717, 1.165) is 13.0 Å².